The molecule has 1 heterocycles. The highest BCUT2D eigenvalue weighted by Gasteiger charge is 2.03. The first-order chi connectivity index (χ1) is 8.20. The van der Waals surface area contributed by atoms with Crippen LogP contribution in [0.5, 0.6) is 0 Å². The van der Waals surface area contributed by atoms with Crippen LogP contribution in [-0.2, 0) is 23.0 Å². The van der Waals surface area contributed by atoms with Crippen LogP contribution in [0.25, 0.3) is 11.0 Å². The number of imidazole rings is 1. The molecule has 0 bridgehead atoms. The Morgan fingerprint density at radius 2 is 2.29 bits per heavy atom. The molecule has 4 nitrogen and oxygen atoms in total. The number of aromatic nitrogens is 2. The van der Waals surface area contributed by atoms with Crippen molar-refractivity contribution < 1.29 is 9.53 Å². The van der Waals surface area contributed by atoms with E-state index < -0.39 is 0 Å². The van der Waals surface area contributed by atoms with E-state index in [9.17, 15) is 4.79 Å². The Hall–Kier alpha value is -1.84. The lowest BCUT2D eigenvalue weighted by Gasteiger charge is -2.01. The Bertz CT molecular complexity index is 531. The molecule has 2 aromatic rings. The quantitative estimate of drug-likeness (QED) is 0.758. The molecule has 0 fully saturated rings. The van der Waals surface area contributed by atoms with E-state index in [2.05, 4.69) is 27.9 Å². The topological polar surface area (TPSA) is 44.1 Å². The lowest BCUT2D eigenvalue weighted by molar-refractivity contribution is -0.140. The van der Waals surface area contributed by atoms with Crippen LogP contribution in [0.4, 0.5) is 0 Å². The summed E-state index contributed by atoms with van der Waals surface area (Å²) in [7, 11) is 3.40. The maximum absolute atomic E-state index is 11.0. The Kier molecular flexibility index (Phi) is 3.42. The van der Waals surface area contributed by atoms with Gasteiger partial charge in [-0.05, 0) is 30.5 Å². The molecule has 0 N–H and O–H groups in total. The highest BCUT2D eigenvalue weighted by Crippen LogP contribution is 2.15. The molecule has 0 atom stereocenters. The summed E-state index contributed by atoms with van der Waals surface area (Å²) in [6.07, 6.45) is 3.96. The van der Waals surface area contributed by atoms with E-state index in [4.69, 9.17) is 0 Å². The van der Waals surface area contributed by atoms with Gasteiger partial charge in [-0.25, -0.2) is 4.98 Å². The maximum atomic E-state index is 11.0. The normalized spacial score (nSPS) is 10.7. The van der Waals surface area contributed by atoms with Crippen LogP contribution in [0.2, 0.25) is 0 Å². The van der Waals surface area contributed by atoms with E-state index in [1.807, 2.05) is 17.9 Å². The average molecular weight is 232 g/mol. The average Bonchev–Trinajstić information content (AvgIpc) is 2.70. The van der Waals surface area contributed by atoms with Crippen molar-refractivity contribution in [1.29, 1.82) is 0 Å². The van der Waals surface area contributed by atoms with Crippen LogP contribution in [0.3, 0.4) is 0 Å². The largest absolute Gasteiger partial charge is 0.469 e. The molecular formula is C13H16N2O2. The predicted molar refractivity (Wildman–Crippen MR) is 65.7 cm³/mol. The van der Waals surface area contributed by atoms with Crippen LogP contribution < -0.4 is 0 Å². The number of nitrogens with zero attached hydrogens (tertiary/aromatic N) is 2. The van der Waals surface area contributed by atoms with Crippen molar-refractivity contribution in [2.75, 3.05) is 7.11 Å². The number of benzene rings is 1. The summed E-state index contributed by atoms with van der Waals surface area (Å²) < 4.78 is 6.60. The SMILES string of the molecule is COC(=O)CCCc1ccc2c(c1)ncn2C. The lowest BCUT2D eigenvalue weighted by atomic mass is 10.1. The zero-order chi connectivity index (χ0) is 12.3. The Balaban J connectivity index is 2.02. The van der Waals surface area contributed by atoms with Gasteiger partial charge in [0.15, 0.2) is 0 Å². The van der Waals surface area contributed by atoms with Crippen LogP contribution in [0.15, 0.2) is 24.5 Å². The van der Waals surface area contributed by atoms with Crippen molar-refractivity contribution in [3.05, 3.63) is 30.1 Å². The number of aryl methyl sites for hydroxylation is 2. The lowest BCUT2D eigenvalue weighted by Crippen LogP contribution is -2.00. The maximum Gasteiger partial charge on any atom is 0.305 e. The molecule has 0 aliphatic rings. The highest BCUT2D eigenvalue weighted by atomic mass is 16.5. The number of hydrogen-bond donors (Lipinski definition) is 0. The van der Waals surface area contributed by atoms with E-state index in [-0.39, 0.29) is 5.97 Å². The summed E-state index contributed by atoms with van der Waals surface area (Å²) in [6.45, 7) is 0. The van der Waals surface area contributed by atoms with Gasteiger partial charge in [-0.15, -0.1) is 0 Å². The molecule has 2 rings (SSSR count). The van der Waals surface area contributed by atoms with Gasteiger partial charge < -0.3 is 9.30 Å². The molecule has 0 saturated heterocycles. The van der Waals surface area contributed by atoms with Crippen LogP contribution >= 0.6 is 0 Å². The molecule has 1 aromatic carbocycles. The fourth-order valence-electron chi connectivity index (χ4n) is 1.88. The molecule has 0 aliphatic heterocycles. The number of rotatable bonds is 4. The summed E-state index contributed by atoms with van der Waals surface area (Å²) in [5.41, 5.74) is 3.34. The van der Waals surface area contributed by atoms with Gasteiger partial charge in [0.2, 0.25) is 0 Å². The zero-order valence-electron chi connectivity index (χ0n) is 10.1. The molecule has 17 heavy (non-hydrogen) atoms. The number of carbonyl (C=O) groups is 1. The number of esters is 1. The van der Waals surface area contributed by atoms with Gasteiger partial charge >= 0.3 is 5.97 Å². The van der Waals surface area contributed by atoms with Crippen molar-refractivity contribution in [2.45, 2.75) is 19.3 Å². The van der Waals surface area contributed by atoms with Crippen molar-refractivity contribution in [3.63, 3.8) is 0 Å². The molecule has 0 unspecified atom stereocenters. The van der Waals surface area contributed by atoms with Gasteiger partial charge in [-0.3, -0.25) is 4.79 Å². The molecule has 0 saturated carbocycles. The van der Waals surface area contributed by atoms with Crippen molar-refractivity contribution >= 4 is 17.0 Å². The van der Waals surface area contributed by atoms with E-state index in [1.165, 1.54) is 12.7 Å². The van der Waals surface area contributed by atoms with Gasteiger partial charge in [0.05, 0.1) is 24.5 Å². The fraction of sp³-hybridized carbons (Fsp3) is 0.385. The van der Waals surface area contributed by atoms with Gasteiger partial charge in [0, 0.05) is 13.5 Å². The van der Waals surface area contributed by atoms with Crippen LogP contribution in [0.1, 0.15) is 18.4 Å². The smallest absolute Gasteiger partial charge is 0.305 e. The summed E-state index contributed by atoms with van der Waals surface area (Å²) in [5.74, 6) is -0.149. The summed E-state index contributed by atoms with van der Waals surface area (Å²) >= 11 is 0. The highest BCUT2D eigenvalue weighted by molar-refractivity contribution is 5.76. The van der Waals surface area contributed by atoms with Gasteiger partial charge in [0.1, 0.15) is 0 Å². The third-order valence-corrected chi connectivity index (χ3v) is 2.86. The first kappa shape index (κ1) is 11.6. The van der Waals surface area contributed by atoms with Crippen molar-refractivity contribution in [2.24, 2.45) is 7.05 Å². The Morgan fingerprint density at radius 1 is 1.47 bits per heavy atom. The van der Waals surface area contributed by atoms with Gasteiger partial charge in [-0.1, -0.05) is 6.07 Å². The zero-order valence-corrected chi connectivity index (χ0v) is 10.1. The third kappa shape index (κ3) is 2.64. The number of hydrogen-bond acceptors (Lipinski definition) is 3. The van der Waals surface area contributed by atoms with Crippen LogP contribution in [0, 0.1) is 0 Å². The number of ether oxygens (including phenoxy) is 1. The van der Waals surface area contributed by atoms with Crippen LogP contribution in [-0.4, -0.2) is 22.6 Å². The standard InChI is InChI=1S/C13H16N2O2/c1-15-9-14-11-8-10(6-7-12(11)15)4-3-5-13(16)17-2/h6-9H,3-5H2,1-2H3. The minimum Gasteiger partial charge on any atom is -0.469 e. The van der Waals surface area contributed by atoms with E-state index >= 15 is 0 Å². The molecule has 0 radical (unpaired) electrons. The number of fused-ring (bicyclic) bond motifs is 1. The van der Waals surface area contributed by atoms with Crippen molar-refractivity contribution in [1.82, 2.24) is 9.55 Å². The number of methoxy groups -OCH3 is 1. The molecule has 90 valence electrons. The third-order valence-electron chi connectivity index (χ3n) is 2.86. The van der Waals surface area contributed by atoms with E-state index in [0.29, 0.717) is 6.42 Å². The second-order valence-electron chi connectivity index (χ2n) is 4.11. The minimum absolute atomic E-state index is 0.149. The second kappa shape index (κ2) is 4.99. The van der Waals surface area contributed by atoms with E-state index in [0.717, 1.165) is 23.9 Å². The van der Waals surface area contributed by atoms with Gasteiger partial charge in [0.25, 0.3) is 0 Å². The van der Waals surface area contributed by atoms with E-state index in [1.54, 1.807) is 0 Å². The Morgan fingerprint density at radius 3 is 3.06 bits per heavy atom. The minimum atomic E-state index is -0.149. The molecule has 1 aromatic heterocycles. The summed E-state index contributed by atoms with van der Waals surface area (Å²) in [5, 5.41) is 0. The molecule has 0 spiro atoms. The number of carbonyl (C=O) groups excluding carboxylic acids is 1. The summed E-state index contributed by atoms with van der Waals surface area (Å²) in [6, 6.07) is 6.23. The molecule has 4 heteroatoms. The summed E-state index contributed by atoms with van der Waals surface area (Å²) in [4.78, 5) is 15.3. The predicted octanol–water partition coefficient (Wildman–Crippen LogP) is 2.07. The monoisotopic (exact) mass is 232 g/mol. The molecular weight excluding hydrogens is 216 g/mol. The molecule has 0 amide bonds. The van der Waals surface area contributed by atoms with Gasteiger partial charge in [-0.2, -0.15) is 0 Å². The first-order valence-corrected chi connectivity index (χ1v) is 5.67. The fourth-order valence-corrected chi connectivity index (χ4v) is 1.88. The Labute approximate surface area is 100 Å². The second-order valence-corrected chi connectivity index (χ2v) is 4.11. The first-order valence-electron chi connectivity index (χ1n) is 5.67. The van der Waals surface area contributed by atoms with Crippen molar-refractivity contribution in [3.8, 4) is 0 Å². The molecule has 0 aliphatic carbocycles.